The second kappa shape index (κ2) is 10.3. The SMILES string of the molecule is O=C(C[P+](c1ccccc1)(c1ccccc1)c1ccccc1)c1ccc2ccccc2c1.[Br-]. The largest absolute Gasteiger partial charge is 1.00 e. The molecule has 0 bridgehead atoms. The van der Waals surface area contributed by atoms with Gasteiger partial charge in [0.15, 0.2) is 0 Å². The summed E-state index contributed by atoms with van der Waals surface area (Å²) in [6.07, 6.45) is 0.462. The van der Waals surface area contributed by atoms with Crippen molar-refractivity contribution >= 4 is 39.7 Å². The molecule has 5 rings (SSSR count). The number of hydrogen-bond acceptors (Lipinski definition) is 1. The molecule has 0 spiro atoms. The molecule has 0 aliphatic carbocycles. The Morgan fingerprint density at radius 3 is 1.42 bits per heavy atom. The average molecular weight is 511 g/mol. The van der Waals surface area contributed by atoms with Gasteiger partial charge in [-0.2, -0.15) is 0 Å². The minimum absolute atomic E-state index is 0. The van der Waals surface area contributed by atoms with Gasteiger partial charge >= 0.3 is 0 Å². The van der Waals surface area contributed by atoms with E-state index >= 15 is 0 Å². The summed E-state index contributed by atoms with van der Waals surface area (Å²) in [6.45, 7) is 0. The second-order valence-electron chi connectivity index (χ2n) is 7.96. The third kappa shape index (κ3) is 4.55. The predicted molar refractivity (Wildman–Crippen MR) is 138 cm³/mol. The van der Waals surface area contributed by atoms with Crippen molar-refractivity contribution in [1.82, 2.24) is 0 Å². The quantitative estimate of drug-likeness (QED) is 0.253. The molecule has 0 saturated heterocycles. The number of ketones is 1. The standard InChI is InChI=1S/C30H24OP.BrH/c31-30(26-21-20-24-12-10-11-13-25(24)22-26)23-32(27-14-4-1-5-15-27,28-16-6-2-7-17-28)29-18-8-3-9-19-29;/h1-22H,23H2;1H/q+1;/p-1. The first-order chi connectivity index (χ1) is 15.8. The zero-order valence-electron chi connectivity index (χ0n) is 18.1. The van der Waals surface area contributed by atoms with Gasteiger partial charge in [0.25, 0.3) is 0 Å². The van der Waals surface area contributed by atoms with Crippen LogP contribution in [0.4, 0.5) is 0 Å². The minimum atomic E-state index is -2.18. The van der Waals surface area contributed by atoms with Crippen molar-refractivity contribution in [3.8, 4) is 0 Å². The Hall–Kier alpha value is -3.06. The fraction of sp³-hybridized carbons (Fsp3) is 0.0333. The Morgan fingerprint density at radius 2 is 0.939 bits per heavy atom. The zero-order valence-corrected chi connectivity index (χ0v) is 20.6. The molecule has 0 radical (unpaired) electrons. The second-order valence-corrected chi connectivity index (χ2v) is 11.4. The molecule has 0 atom stereocenters. The summed E-state index contributed by atoms with van der Waals surface area (Å²) in [4.78, 5) is 13.9. The number of hydrogen-bond donors (Lipinski definition) is 0. The first-order valence-corrected chi connectivity index (χ1v) is 12.8. The van der Waals surface area contributed by atoms with Gasteiger partial charge in [0.05, 0.1) is 0 Å². The van der Waals surface area contributed by atoms with Crippen LogP contribution in [0.25, 0.3) is 10.8 Å². The Bertz CT molecular complexity index is 1250. The van der Waals surface area contributed by atoms with E-state index in [1.54, 1.807) is 0 Å². The summed E-state index contributed by atoms with van der Waals surface area (Å²) in [7, 11) is -2.18. The smallest absolute Gasteiger partial charge is 0.201 e. The van der Waals surface area contributed by atoms with Crippen LogP contribution in [0.2, 0.25) is 0 Å². The van der Waals surface area contributed by atoms with Gasteiger partial charge in [-0.3, -0.25) is 4.79 Å². The van der Waals surface area contributed by atoms with Crippen LogP contribution in [0.15, 0.2) is 133 Å². The number of fused-ring (bicyclic) bond motifs is 1. The molecule has 0 fully saturated rings. The molecule has 0 amide bonds. The summed E-state index contributed by atoms with van der Waals surface area (Å²) in [5, 5.41) is 5.94. The Morgan fingerprint density at radius 1 is 0.515 bits per heavy atom. The van der Waals surface area contributed by atoms with Gasteiger partial charge in [0.1, 0.15) is 29.3 Å². The fourth-order valence-corrected chi connectivity index (χ4v) is 8.54. The number of carbonyl (C=O) groups is 1. The van der Waals surface area contributed by atoms with E-state index in [4.69, 9.17) is 0 Å². The molecule has 33 heavy (non-hydrogen) atoms. The van der Waals surface area contributed by atoms with Crippen LogP contribution in [0.5, 0.6) is 0 Å². The molecule has 1 nitrogen and oxygen atoms in total. The van der Waals surface area contributed by atoms with Crippen LogP contribution in [0, 0.1) is 0 Å². The van der Waals surface area contributed by atoms with Crippen molar-refractivity contribution in [1.29, 1.82) is 0 Å². The predicted octanol–water partition coefficient (Wildman–Crippen LogP) is 3.02. The minimum Gasteiger partial charge on any atom is -1.00 e. The molecule has 3 heteroatoms. The highest BCUT2D eigenvalue weighted by Gasteiger charge is 2.47. The van der Waals surface area contributed by atoms with Gasteiger partial charge in [-0.25, -0.2) is 0 Å². The van der Waals surface area contributed by atoms with Crippen molar-refractivity contribution in [2.24, 2.45) is 0 Å². The molecule has 0 unspecified atom stereocenters. The summed E-state index contributed by atoms with van der Waals surface area (Å²) in [5.74, 6) is 0.181. The maximum Gasteiger partial charge on any atom is 0.201 e. The van der Waals surface area contributed by atoms with Gasteiger partial charge in [0, 0.05) is 5.56 Å². The molecule has 0 heterocycles. The highest BCUT2D eigenvalue weighted by molar-refractivity contribution is 7.96. The van der Waals surface area contributed by atoms with Crippen LogP contribution in [-0.4, -0.2) is 11.9 Å². The Balaban J connectivity index is 0.00000259. The lowest BCUT2D eigenvalue weighted by Gasteiger charge is -2.27. The monoisotopic (exact) mass is 510 g/mol. The normalized spacial score (nSPS) is 11.0. The van der Waals surface area contributed by atoms with E-state index in [0.717, 1.165) is 16.3 Å². The van der Waals surface area contributed by atoms with E-state index in [1.165, 1.54) is 15.9 Å². The van der Waals surface area contributed by atoms with Gasteiger partial charge in [0.2, 0.25) is 5.78 Å². The van der Waals surface area contributed by atoms with Crippen molar-refractivity contribution in [3.63, 3.8) is 0 Å². The molecule has 162 valence electrons. The van der Waals surface area contributed by atoms with Gasteiger partial charge in [-0.05, 0) is 53.2 Å². The summed E-state index contributed by atoms with van der Waals surface area (Å²) in [6, 6.07) is 46.0. The van der Waals surface area contributed by atoms with E-state index in [9.17, 15) is 4.79 Å². The number of halogens is 1. The molecule has 5 aromatic carbocycles. The van der Waals surface area contributed by atoms with E-state index < -0.39 is 7.26 Å². The maximum atomic E-state index is 13.9. The van der Waals surface area contributed by atoms with E-state index in [2.05, 4.69) is 91.0 Å². The summed E-state index contributed by atoms with van der Waals surface area (Å²) in [5.41, 5.74) is 0.774. The molecule has 0 aliphatic heterocycles. The lowest BCUT2D eigenvalue weighted by atomic mass is 10.1. The van der Waals surface area contributed by atoms with Gasteiger partial charge in [-0.1, -0.05) is 91.0 Å². The third-order valence-corrected chi connectivity index (χ3v) is 10.3. The Kier molecular flexibility index (Phi) is 7.18. The average Bonchev–Trinajstić information content (AvgIpc) is 2.88. The summed E-state index contributed by atoms with van der Waals surface area (Å²) >= 11 is 0. The van der Waals surface area contributed by atoms with Crippen molar-refractivity contribution in [2.45, 2.75) is 0 Å². The van der Waals surface area contributed by atoms with Crippen LogP contribution >= 0.6 is 7.26 Å². The van der Waals surface area contributed by atoms with Gasteiger partial charge < -0.3 is 17.0 Å². The number of rotatable bonds is 6. The zero-order chi connectivity index (χ0) is 21.8. The van der Waals surface area contributed by atoms with Gasteiger partial charge in [-0.15, -0.1) is 0 Å². The molecule has 5 aromatic rings. The summed E-state index contributed by atoms with van der Waals surface area (Å²) < 4.78 is 0. The van der Waals surface area contributed by atoms with Crippen LogP contribution < -0.4 is 32.9 Å². The van der Waals surface area contributed by atoms with Crippen molar-refractivity contribution in [2.75, 3.05) is 6.16 Å². The molecular weight excluding hydrogens is 487 g/mol. The molecule has 0 saturated carbocycles. The van der Waals surface area contributed by atoms with E-state index in [-0.39, 0.29) is 22.8 Å². The Labute approximate surface area is 206 Å². The molecule has 0 N–H and O–H groups in total. The van der Waals surface area contributed by atoms with Crippen molar-refractivity contribution < 1.29 is 21.8 Å². The lowest BCUT2D eigenvalue weighted by Crippen LogP contribution is -3.00. The third-order valence-electron chi connectivity index (χ3n) is 6.04. The lowest BCUT2D eigenvalue weighted by molar-refractivity contribution is -0.0000139. The van der Waals surface area contributed by atoms with E-state index in [0.29, 0.717) is 6.16 Å². The highest BCUT2D eigenvalue weighted by atomic mass is 79.9. The first-order valence-electron chi connectivity index (χ1n) is 10.8. The highest BCUT2D eigenvalue weighted by Crippen LogP contribution is 2.55. The molecule has 0 aromatic heterocycles. The number of Topliss-reactive ketones (excluding diaryl/α,β-unsaturated/α-hetero) is 1. The van der Waals surface area contributed by atoms with Crippen LogP contribution in [0.1, 0.15) is 10.4 Å². The number of carbonyl (C=O) groups excluding carboxylic acids is 1. The molecular formula is C30H24BrOP. The first kappa shape index (κ1) is 23.1. The van der Waals surface area contributed by atoms with E-state index in [1.807, 2.05) is 42.5 Å². The maximum absolute atomic E-state index is 13.9. The topological polar surface area (TPSA) is 17.1 Å². The van der Waals surface area contributed by atoms with Crippen molar-refractivity contribution in [3.05, 3.63) is 139 Å². The van der Waals surface area contributed by atoms with Crippen LogP contribution in [0.3, 0.4) is 0 Å². The molecule has 0 aliphatic rings. The number of benzene rings is 5. The fourth-order valence-electron chi connectivity index (χ4n) is 4.44. The van der Waals surface area contributed by atoms with Crippen LogP contribution in [-0.2, 0) is 0 Å².